The summed E-state index contributed by atoms with van der Waals surface area (Å²) in [7, 11) is 0. The molecule has 10 nitrogen and oxygen atoms in total. The van der Waals surface area contributed by atoms with Gasteiger partial charge in [0.15, 0.2) is 0 Å². The SMILES string of the molecule is O=c1c(C#CC2CCCCO2)cc2cnc(Nc3ccc(C4CNCCS4)cc3)nc2n1Cc1cnsc1N1CCOCC1. The maximum atomic E-state index is 14.0. The summed E-state index contributed by atoms with van der Waals surface area (Å²) in [5.41, 5.74) is 3.94. The van der Waals surface area contributed by atoms with Crippen molar-refractivity contribution < 1.29 is 9.47 Å². The van der Waals surface area contributed by atoms with Crippen LogP contribution in [0.15, 0.2) is 47.5 Å². The van der Waals surface area contributed by atoms with Crippen LogP contribution in [0.3, 0.4) is 0 Å². The highest BCUT2D eigenvalue weighted by Gasteiger charge is 2.20. The summed E-state index contributed by atoms with van der Waals surface area (Å²) in [5.74, 6) is 7.87. The first kappa shape index (κ1) is 29.3. The van der Waals surface area contributed by atoms with E-state index in [0.29, 0.717) is 48.8 Å². The zero-order valence-electron chi connectivity index (χ0n) is 24.5. The van der Waals surface area contributed by atoms with E-state index in [-0.39, 0.29) is 11.7 Å². The highest BCUT2D eigenvalue weighted by Crippen LogP contribution is 2.31. The lowest BCUT2D eigenvalue weighted by Crippen LogP contribution is -2.36. The number of morpholine rings is 1. The van der Waals surface area contributed by atoms with Gasteiger partial charge in [0.1, 0.15) is 16.8 Å². The Kier molecular flexibility index (Phi) is 9.09. The Morgan fingerprint density at radius 2 is 2.00 bits per heavy atom. The van der Waals surface area contributed by atoms with Crippen LogP contribution in [0.25, 0.3) is 11.0 Å². The van der Waals surface area contributed by atoms with E-state index in [0.717, 1.165) is 72.8 Å². The van der Waals surface area contributed by atoms with Gasteiger partial charge in [-0.25, -0.2) is 4.98 Å². The van der Waals surface area contributed by atoms with Gasteiger partial charge in [-0.1, -0.05) is 24.0 Å². The summed E-state index contributed by atoms with van der Waals surface area (Å²) in [5, 5.41) is 9.07. The van der Waals surface area contributed by atoms with Crippen molar-refractivity contribution in [2.24, 2.45) is 0 Å². The summed E-state index contributed by atoms with van der Waals surface area (Å²) >= 11 is 3.43. The van der Waals surface area contributed by atoms with Crippen molar-refractivity contribution in [3.8, 4) is 11.8 Å². The van der Waals surface area contributed by atoms with Crippen molar-refractivity contribution in [1.29, 1.82) is 0 Å². The van der Waals surface area contributed by atoms with Crippen LogP contribution in [0.2, 0.25) is 0 Å². The predicted molar refractivity (Wildman–Crippen MR) is 176 cm³/mol. The maximum absolute atomic E-state index is 14.0. The number of hydrogen-bond acceptors (Lipinski definition) is 11. The van der Waals surface area contributed by atoms with Gasteiger partial charge in [0.05, 0.1) is 25.3 Å². The number of pyridine rings is 1. The van der Waals surface area contributed by atoms with Gasteiger partial charge in [-0.05, 0) is 54.6 Å². The fourth-order valence-corrected chi connectivity index (χ4v) is 7.66. The molecule has 2 N–H and O–H groups in total. The van der Waals surface area contributed by atoms with Gasteiger partial charge < -0.3 is 25.0 Å². The normalized spacial score (nSPS) is 20.7. The number of aromatic nitrogens is 4. The average Bonchev–Trinajstić information content (AvgIpc) is 3.55. The average molecular weight is 630 g/mol. The van der Waals surface area contributed by atoms with Crippen molar-refractivity contribution in [2.75, 3.05) is 62.0 Å². The summed E-state index contributed by atoms with van der Waals surface area (Å²) < 4.78 is 17.5. The van der Waals surface area contributed by atoms with Gasteiger partial charge >= 0.3 is 0 Å². The van der Waals surface area contributed by atoms with Gasteiger partial charge in [0, 0.05) is 72.8 Å². The molecule has 0 saturated carbocycles. The first-order valence-corrected chi connectivity index (χ1v) is 17.0. The topological polar surface area (TPSA) is 106 Å². The number of nitrogens with zero attached hydrogens (tertiary/aromatic N) is 5. The predicted octanol–water partition coefficient (Wildman–Crippen LogP) is 4.17. The molecule has 3 aromatic heterocycles. The van der Waals surface area contributed by atoms with Gasteiger partial charge in [-0.2, -0.15) is 21.1 Å². The van der Waals surface area contributed by atoms with Crippen LogP contribution in [0, 0.1) is 11.8 Å². The summed E-state index contributed by atoms with van der Waals surface area (Å²) in [6.45, 7) is 6.02. The van der Waals surface area contributed by atoms with E-state index in [4.69, 9.17) is 14.5 Å². The van der Waals surface area contributed by atoms with E-state index in [1.807, 2.05) is 18.0 Å². The number of hydrogen-bond donors (Lipinski definition) is 2. The number of benzene rings is 1. The molecule has 44 heavy (non-hydrogen) atoms. The third-order valence-corrected chi connectivity index (χ3v) is 10.3. The molecule has 3 fully saturated rings. The molecule has 2 atom stereocenters. The fraction of sp³-hybridized carbons (Fsp3) is 0.438. The van der Waals surface area contributed by atoms with E-state index < -0.39 is 0 Å². The van der Waals surface area contributed by atoms with E-state index in [1.54, 1.807) is 16.8 Å². The molecule has 7 rings (SSSR count). The number of rotatable bonds is 6. The lowest BCUT2D eigenvalue weighted by atomic mass is 10.1. The molecule has 0 radical (unpaired) electrons. The molecule has 1 aromatic carbocycles. The van der Waals surface area contributed by atoms with Crippen molar-refractivity contribution in [3.05, 3.63) is 69.8 Å². The minimum atomic E-state index is -0.187. The Labute approximate surface area is 264 Å². The number of ether oxygens (including phenoxy) is 2. The smallest absolute Gasteiger partial charge is 0.268 e. The second-order valence-electron chi connectivity index (χ2n) is 11.1. The van der Waals surface area contributed by atoms with Crippen molar-refractivity contribution in [2.45, 2.75) is 37.2 Å². The number of fused-ring (bicyclic) bond motifs is 1. The van der Waals surface area contributed by atoms with Crippen molar-refractivity contribution >= 4 is 51.0 Å². The summed E-state index contributed by atoms with van der Waals surface area (Å²) in [6, 6.07) is 10.2. The summed E-state index contributed by atoms with van der Waals surface area (Å²) in [4.78, 5) is 25.8. The first-order chi connectivity index (χ1) is 21.7. The van der Waals surface area contributed by atoms with E-state index in [2.05, 4.69) is 61.0 Å². The third kappa shape index (κ3) is 6.62. The Hall–Kier alpha value is -3.47. The largest absolute Gasteiger partial charge is 0.378 e. The minimum Gasteiger partial charge on any atom is -0.378 e. The zero-order valence-corrected chi connectivity index (χ0v) is 26.1. The number of nitrogens with one attached hydrogen (secondary N) is 2. The second-order valence-corrected chi connectivity index (χ2v) is 13.2. The zero-order chi connectivity index (χ0) is 29.7. The monoisotopic (exact) mass is 629 g/mol. The maximum Gasteiger partial charge on any atom is 0.268 e. The van der Waals surface area contributed by atoms with E-state index in [9.17, 15) is 4.79 Å². The van der Waals surface area contributed by atoms with Crippen LogP contribution < -0.4 is 21.1 Å². The molecule has 0 bridgehead atoms. The summed E-state index contributed by atoms with van der Waals surface area (Å²) in [6.07, 6.45) is 6.48. The van der Waals surface area contributed by atoms with Crippen LogP contribution in [0.5, 0.6) is 0 Å². The molecule has 0 amide bonds. The number of thioether (sulfide) groups is 1. The lowest BCUT2D eigenvalue weighted by Gasteiger charge is -2.28. The van der Waals surface area contributed by atoms with Crippen molar-refractivity contribution in [1.82, 2.24) is 24.2 Å². The highest BCUT2D eigenvalue weighted by atomic mass is 32.2. The van der Waals surface area contributed by atoms with Gasteiger partial charge in [-0.3, -0.25) is 9.36 Å². The molecule has 3 aliphatic rings. The molecule has 228 valence electrons. The fourth-order valence-electron chi connectivity index (χ4n) is 5.72. The molecule has 0 aliphatic carbocycles. The van der Waals surface area contributed by atoms with Gasteiger partial charge in [0.25, 0.3) is 5.56 Å². The number of anilines is 3. The van der Waals surface area contributed by atoms with Crippen LogP contribution in [0.4, 0.5) is 16.6 Å². The molecular weight excluding hydrogens is 595 g/mol. The second kappa shape index (κ2) is 13.7. The standard InChI is InChI=1S/C32H35N7O3S2/c40-30-23(6-9-27-3-1-2-13-42-27)17-24-18-34-32(36-26-7-4-22(5-8-26)28-20-33-10-16-43-28)37-29(24)39(30)21-25-19-35-44-31(25)38-11-14-41-15-12-38/h4-5,7-8,17-19,27-28,33H,1-3,10-16,20-21H2,(H,34,36,37). The van der Waals surface area contributed by atoms with Crippen LogP contribution in [0.1, 0.15) is 41.2 Å². The van der Waals surface area contributed by atoms with Gasteiger partial charge in [-0.15, -0.1) is 0 Å². The Morgan fingerprint density at radius 1 is 1.11 bits per heavy atom. The molecule has 3 aliphatic heterocycles. The van der Waals surface area contributed by atoms with E-state index >= 15 is 0 Å². The molecule has 2 unspecified atom stereocenters. The Bertz CT molecular complexity index is 1710. The van der Waals surface area contributed by atoms with Gasteiger partial charge in [0.2, 0.25) is 5.95 Å². The molecule has 3 saturated heterocycles. The minimum absolute atomic E-state index is 0.150. The van der Waals surface area contributed by atoms with Crippen LogP contribution in [-0.2, 0) is 16.0 Å². The Balaban J connectivity index is 1.22. The molecular formula is C32H35N7O3S2. The lowest BCUT2D eigenvalue weighted by molar-refractivity contribution is 0.0526. The molecule has 4 aromatic rings. The molecule has 12 heteroatoms. The van der Waals surface area contributed by atoms with E-state index in [1.165, 1.54) is 17.1 Å². The Morgan fingerprint density at radius 3 is 2.80 bits per heavy atom. The molecule has 6 heterocycles. The third-order valence-electron chi connectivity index (χ3n) is 8.09. The first-order valence-electron chi connectivity index (χ1n) is 15.2. The molecule has 0 spiro atoms. The van der Waals surface area contributed by atoms with Crippen LogP contribution in [-0.4, -0.2) is 76.8 Å². The highest BCUT2D eigenvalue weighted by molar-refractivity contribution is 7.99. The van der Waals surface area contributed by atoms with Crippen LogP contribution >= 0.6 is 23.3 Å². The quantitative estimate of drug-likeness (QED) is 0.302. The van der Waals surface area contributed by atoms with Crippen molar-refractivity contribution in [3.63, 3.8) is 0 Å².